The molecule has 0 spiro atoms. The molecule has 2 amide bonds. The molecule has 1 unspecified atom stereocenters. The lowest BCUT2D eigenvalue weighted by molar-refractivity contribution is 0.0971. The van der Waals surface area contributed by atoms with Gasteiger partial charge in [-0.15, -0.1) is 0 Å². The van der Waals surface area contributed by atoms with E-state index in [1.165, 1.54) is 12.3 Å². The van der Waals surface area contributed by atoms with Crippen molar-refractivity contribution in [3.05, 3.63) is 58.1 Å². The summed E-state index contributed by atoms with van der Waals surface area (Å²) in [5.74, 6) is 0.240. The summed E-state index contributed by atoms with van der Waals surface area (Å²) in [6.45, 7) is 5.00. The molecule has 1 aromatic carbocycles. The summed E-state index contributed by atoms with van der Waals surface area (Å²) in [4.78, 5) is 27.5. The fourth-order valence-corrected chi connectivity index (χ4v) is 5.54. The SMILES string of the molecule is CC1(C)COc2c(S(=N)(=O)NC(=O)Nc3c(-c4cc[nH]c(=O)c4)ccc4c3CCC4)cnn2C1. The van der Waals surface area contributed by atoms with Crippen molar-refractivity contribution in [2.45, 2.75) is 44.6 Å². The van der Waals surface area contributed by atoms with E-state index >= 15 is 0 Å². The minimum absolute atomic E-state index is 0.0336. The van der Waals surface area contributed by atoms with Gasteiger partial charge in [-0.05, 0) is 42.0 Å². The standard InChI is InChI=1S/C23H26N6O4S/c1-23(2)12-29-21(33-13-23)18(11-26-29)34(24,32)28-22(31)27-20-16-5-3-4-14(16)6-7-17(20)15-8-9-25-19(30)10-15/h6-11H,3-5,12-13H2,1-2H3,(H,25,30)(H3,24,27,28,31,32). The summed E-state index contributed by atoms with van der Waals surface area (Å²) in [6.07, 6.45) is 5.49. The van der Waals surface area contributed by atoms with E-state index in [4.69, 9.17) is 9.52 Å². The molecule has 10 nitrogen and oxygen atoms in total. The number of aromatic nitrogens is 3. The van der Waals surface area contributed by atoms with Gasteiger partial charge in [-0.1, -0.05) is 26.0 Å². The molecule has 5 rings (SSSR count). The van der Waals surface area contributed by atoms with Gasteiger partial charge in [0.25, 0.3) is 0 Å². The number of aryl methyl sites for hydroxylation is 1. The predicted molar refractivity (Wildman–Crippen MR) is 127 cm³/mol. The zero-order valence-corrected chi connectivity index (χ0v) is 19.8. The third kappa shape index (κ3) is 4.07. The zero-order chi connectivity index (χ0) is 24.1. The number of carbonyl (C=O) groups excluding carboxylic acids is 1. The van der Waals surface area contributed by atoms with E-state index in [9.17, 15) is 13.8 Å². The molecule has 0 saturated carbocycles. The molecule has 3 aromatic rings. The molecule has 0 fully saturated rings. The lowest BCUT2D eigenvalue weighted by Gasteiger charge is -2.30. The van der Waals surface area contributed by atoms with E-state index in [1.807, 2.05) is 26.0 Å². The molecule has 0 saturated heterocycles. The Labute approximate surface area is 196 Å². The number of nitrogens with zero attached hydrogens (tertiary/aromatic N) is 2. The molecule has 2 aromatic heterocycles. The summed E-state index contributed by atoms with van der Waals surface area (Å²) in [7, 11) is -3.74. The Morgan fingerprint density at radius 3 is 2.91 bits per heavy atom. The summed E-state index contributed by atoms with van der Waals surface area (Å²) < 4.78 is 31.2. The monoisotopic (exact) mass is 482 g/mol. The number of urea groups is 1. The smallest absolute Gasteiger partial charge is 0.331 e. The number of amides is 2. The molecule has 1 aliphatic heterocycles. The van der Waals surface area contributed by atoms with Crippen LogP contribution in [-0.4, -0.2) is 31.6 Å². The Morgan fingerprint density at radius 1 is 1.29 bits per heavy atom. The van der Waals surface area contributed by atoms with E-state index in [-0.39, 0.29) is 21.7 Å². The van der Waals surface area contributed by atoms with Crippen molar-refractivity contribution in [3.8, 4) is 17.0 Å². The van der Waals surface area contributed by atoms with Crippen LogP contribution in [0.4, 0.5) is 10.5 Å². The normalized spacial score (nSPS) is 17.7. The van der Waals surface area contributed by atoms with Gasteiger partial charge in [-0.3, -0.25) is 4.79 Å². The molecule has 2 aliphatic rings. The number of fused-ring (bicyclic) bond motifs is 2. The van der Waals surface area contributed by atoms with Gasteiger partial charge in [-0.25, -0.2) is 23.2 Å². The number of hydrogen-bond donors (Lipinski definition) is 4. The van der Waals surface area contributed by atoms with Crippen LogP contribution in [0.15, 0.2) is 46.3 Å². The average molecular weight is 483 g/mol. The molecule has 178 valence electrons. The summed E-state index contributed by atoms with van der Waals surface area (Å²) in [5, 5.41) is 7.02. The molecule has 0 radical (unpaired) electrons. The van der Waals surface area contributed by atoms with Crippen molar-refractivity contribution in [1.82, 2.24) is 19.5 Å². The molecule has 1 atom stereocenters. The van der Waals surface area contributed by atoms with Crippen molar-refractivity contribution >= 4 is 21.6 Å². The van der Waals surface area contributed by atoms with Crippen LogP contribution < -0.4 is 20.3 Å². The predicted octanol–water partition coefficient (Wildman–Crippen LogP) is 3.29. The number of nitrogens with one attached hydrogen (secondary N) is 4. The third-order valence-corrected chi connectivity index (χ3v) is 7.46. The number of H-pyrrole nitrogens is 1. The maximum Gasteiger partial charge on any atom is 0.331 e. The number of hydrogen-bond acceptors (Lipinski definition) is 6. The van der Waals surface area contributed by atoms with Crippen molar-refractivity contribution in [1.29, 1.82) is 4.78 Å². The number of rotatable bonds is 4. The van der Waals surface area contributed by atoms with Gasteiger partial charge >= 0.3 is 6.03 Å². The highest BCUT2D eigenvalue weighted by Crippen LogP contribution is 2.37. The number of ether oxygens (including phenoxy) is 1. The summed E-state index contributed by atoms with van der Waals surface area (Å²) >= 11 is 0. The van der Waals surface area contributed by atoms with Crippen molar-refractivity contribution in [2.75, 3.05) is 11.9 Å². The summed E-state index contributed by atoms with van der Waals surface area (Å²) in [6, 6.07) is 6.32. The van der Waals surface area contributed by atoms with Crippen molar-refractivity contribution < 1.29 is 13.7 Å². The molecule has 34 heavy (non-hydrogen) atoms. The largest absolute Gasteiger partial charge is 0.476 e. The van der Waals surface area contributed by atoms with E-state index in [0.717, 1.165) is 30.4 Å². The summed E-state index contributed by atoms with van der Waals surface area (Å²) in [5.41, 5.74) is 3.61. The van der Waals surface area contributed by atoms with E-state index in [1.54, 1.807) is 16.9 Å². The Bertz CT molecular complexity index is 1450. The van der Waals surface area contributed by atoms with Gasteiger partial charge in [-0.2, -0.15) is 5.10 Å². The zero-order valence-electron chi connectivity index (χ0n) is 18.9. The van der Waals surface area contributed by atoms with Gasteiger partial charge < -0.3 is 15.0 Å². The number of aromatic amines is 1. The Kier molecular flexibility index (Phi) is 5.23. The van der Waals surface area contributed by atoms with Crippen LogP contribution >= 0.6 is 0 Å². The second-order valence-corrected chi connectivity index (χ2v) is 11.2. The van der Waals surface area contributed by atoms with Crippen LogP contribution in [0, 0.1) is 10.2 Å². The number of anilines is 1. The van der Waals surface area contributed by atoms with Crippen molar-refractivity contribution in [2.24, 2.45) is 5.41 Å². The molecule has 0 bridgehead atoms. The van der Waals surface area contributed by atoms with Gasteiger partial charge in [0.1, 0.15) is 4.90 Å². The van der Waals surface area contributed by atoms with Gasteiger partial charge in [0.15, 0.2) is 9.92 Å². The number of pyridine rings is 1. The first-order valence-electron chi connectivity index (χ1n) is 11.0. The first-order chi connectivity index (χ1) is 16.1. The molecule has 1 aliphatic carbocycles. The topological polar surface area (TPSA) is 142 Å². The highest BCUT2D eigenvalue weighted by Gasteiger charge is 2.33. The van der Waals surface area contributed by atoms with Crippen LogP contribution in [0.25, 0.3) is 11.1 Å². The highest BCUT2D eigenvalue weighted by atomic mass is 32.2. The molecule has 3 heterocycles. The van der Waals surface area contributed by atoms with E-state index in [2.05, 4.69) is 20.1 Å². The van der Waals surface area contributed by atoms with Crippen LogP contribution in [-0.2, 0) is 29.3 Å². The van der Waals surface area contributed by atoms with Crippen molar-refractivity contribution in [3.63, 3.8) is 0 Å². The highest BCUT2D eigenvalue weighted by molar-refractivity contribution is 7.91. The lowest BCUT2D eigenvalue weighted by Crippen LogP contribution is -2.36. The first-order valence-corrected chi connectivity index (χ1v) is 12.6. The first kappa shape index (κ1) is 22.2. The van der Waals surface area contributed by atoms with Crippen LogP contribution in [0.5, 0.6) is 5.88 Å². The fourth-order valence-electron chi connectivity index (χ4n) is 4.51. The number of benzene rings is 1. The van der Waals surface area contributed by atoms with Crippen LogP contribution in [0.2, 0.25) is 0 Å². The van der Waals surface area contributed by atoms with Crippen LogP contribution in [0.3, 0.4) is 0 Å². The van der Waals surface area contributed by atoms with E-state index in [0.29, 0.717) is 30.0 Å². The van der Waals surface area contributed by atoms with Gasteiger partial charge in [0.05, 0.1) is 25.0 Å². The van der Waals surface area contributed by atoms with Crippen LogP contribution in [0.1, 0.15) is 31.4 Å². The lowest BCUT2D eigenvalue weighted by atomic mass is 9.94. The fraction of sp³-hybridized carbons (Fsp3) is 0.348. The maximum absolute atomic E-state index is 13.2. The second kappa shape index (κ2) is 8.01. The molecule has 11 heteroatoms. The second-order valence-electron chi connectivity index (χ2n) is 9.46. The third-order valence-electron chi connectivity index (χ3n) is 6.09. The quantitative estimate of drug-likeness (QED) is 0.451. The minimum Gasteiger partial charge on any atom is -0.476 e. The Morgan fingerprint density at radius 2 is 2.12 bits per heavy atom. The molecule has 4 N–H and O–H groups in total. The average Bonchev–Trinajstić information content (AvgIpc) is 3.40. The Balaban J connectivity index is 1.44. The molecular formula is C23H26N6O4S. The van der Waals surface area contributed by atoms with Gasteiger partial charge in [0, 0.05) is 23.2 Å². The Hall–Kier alpha value is -3.60. The van der Waals surface area contributed by atoms with Gasteiger partial charge in [0.2, 0.25) is 11.4 Å². The van der Waals surface area contributed by atoms with E-state index < -0.39 is 15.9 Å². The minimum atomic E-state index is -3.74. The maximum atomic E-state index is 13.2. The molecular weight excluding hydrogens is 456 g/mol. The number of carbonyl (C=O) groups is 1.